The number of carboxylic acid groups (broad SMARTS) is 1. The summed E-state index contributed by atoms with van der Waals surface area (Å²) in [7, 11) is 1.53. The first-order valence-electron chi connectivity index (χ1n) is 6.12. The number of nitrogens with one attached hydrogen (secondary N) is 1. The zero-order valence-electron chi connectivity index (χ0n) is 11.2. The molecule has 2 aromatic heterocycles. The summed E-state index contributed by atoms with van der Waals surface area (Å²) in [6.07, 6.45) is 2.25. The third kappa shape index (κ3) is 2.42. The summed E-state index contributed by atoms with van der Waals surface area (Å²) in [6.45, 7) is 1.45. The molecule has 0 radical (unpaired) electrons. The van der Waals surface area contributed by atoms with Crippen molar-refractivity contribution < 1.29 is 19.4 Å². The third-order valence-electron chi connectivity index (χ3n) is 2.86. The summed E-state index contributed by atoms with van der Waals surface area (Å²) in [5.41, 5.74) is 1.47. The number of carboxylic acids is 1. The fraction of sp³-hybridized carbons (Fsp3) is 0.308. The highest BCUT2D eigenvalue weighted by Crippen LogP contribution is 2.22. The molecule has 0 spiro atoms. The van der Waals surface area contributed by atoms with E-state index in [0.717, 1.165) is 0 Å². The number of ether oxygens (including phenoxy) is 1. The molecule has 0 saturated carbocycles. The van der Waals surface area contributed by atoms with Crippen LogP contribution in [0.15, 0.2) is 18.3 Å². The summed E-state index contributed by atoms with van der Waals surface area (Å²) >= 11 is 0. The Morgan fingerprint density at radius 2 is 2.25 bits per heavy atom. The average molecular weight is 277 g/mol. The van der Waals surface area contributed by atoms with Crippen molar-refractivity contribution in [2.75, 3.05) is 13.7 Å². The van der Waals surface area contributed by atoms with Gasteiger partial charge in [-0.1, -0.05) is 6.92 Å². The van der Waals surface area contributed by atoms with Crippen molar-refractivity contribution in [2.24, 2.45) is 0 Å². The van der Waals surface area contributed by atoms with Crippen LogP contribution in [-0.4, -0.2) is 40.0 Å². The first-order valence-corrected chi connectivity index (χ1v) is 6.12. The lowest BCUT2D eigenvalue weighted by Crippen LogP contribution is -2.30. The lowest BCUT2D eigenvalue weighted by atomic mass is 10.2. The molecule has 2 heterocycles. The number of aromatic nitrogens is 2. The van der Waals surface area contributed by atoms with Crippen LogP contribution in [-0.2, 0) is 11.2 Å². The second-order valence-corrected chi connectivity index (χ2v) is 4.11. The number of hydrogen-bond acceptors (Lipinski definition) is 4. The molecule has 7 nitrogen and oxygen atoms in total. The van der Waals surface area contributed by atoms with E-state index in [2.05, 4.69) is 10.3 Å². The molecular formula is C13H15N3O4. The third-order valence-corrected chi connectivity index (χ3v) is 2.86. The molecule has 106 valence electrons. The second-order valence-electron chi connectivity index (χ2n) is 4.11. The van der Waals surface area contributed by atoms with Gasteiger partial charge in [-0.25, -0.2) is 4.98 Å². The zero-order valence-corrected chi connectivity index (χ0v) is 11.2. The number of aryl methyl sites for hydroxylation is 1. The summed E-state index contributed by atoms with van der Waals surface area (Å²) in [5, 5.41) is 11.0. The minimum absolute atomic E-state index is 0.336. The van der Waals surface area contributed by atoms with Crippen LogP contribution in [0.25, 0.3) is 5.65 Å². The molecule has 0 atom stereocenters. The van der Waals surface area contributed by atoms with Gasteiger partial charge >= 0.3 is 5.97 Å². The molecule has 7 heteroatoms. The fourth-order valence-electron chi connectivity index (χ4n) is 1.98. The van der Waals surface area contributed by atoms with Gasteiger partial charge in [-0.15, -0.1) is 0 Å². The van der Waals surface area contributed by atoms with Crippen LogP contribution in [0.4, 0.5) is 0 Å². The van der Waals surface area contributed by atoms with E-state index in [0.29, 0.717) is 29.2 Å². The van der Waals surface area contributed by atoms with Gasteiger partial charge in [-0.05, 0) is 18.6 Å². The summed E-state index contributed by atoms with van der Waals surface area (Å²) in [5.74, 6) is -1.01. The van der Waals surface area contributed by atoms with Gasteiger partial charge in [0, 0.05) is 6.20 Å². The topological polar surface area (TPSA) is 92.9 Å². The Balaban J connectivity index is 2.50. The molecular weight excluding hydrogens is 262 g/mol. The largest absolute Gasteiger partial charge is 0.493 e. The van der Waals surface area contributed by atoms with E-state index in [1.807, 2.05) is 6.92 Å². The van der Waals surface area contributed by atoms with E-state index in [1.165, 1.54) is 7.11 Å². The molecule has 2 rings (SSSR count). The normalized spacial score (nSPS) is 10.5. The predicted molar refractivity (Wildman–Crippen MR) is 71.1 cm³/mol. The minimum Gasteiger partial charge on any atom is -0.493 e. The molecule has 2 aromatic rings. The number of methoxy groups -OCH3 is 1. The molecule has 0 aromatic carbocycles. The standard InChI is InChI=1S/C13H15N3O4/c1-3-8-11(13(19)14-7-10(17)18)16-6-4-5-9(20-2)12(16)15-8/h4-6H,3,7H2,1-2H3,(H,14,19)(H,17,18). The number of rotatable bonds is 5. The smallest absolute Gasteiger partial charge is 0.322 e. The van der Waals surface area contributed by atoms with E-state index in [1.54, 1.807) is 22.7 Å². The molecule has 0 unspecified atom stereocenters. The molecule has 0 aliphatic rings. The van der Waals surface area contributed by atoms with Gasteiger partial charge < -0.3 is 15.2 Å². The maximum Gasteiger partial charge on any atom is 0.322 e. The van der Waals surface area contributed by atoms with Crippen molar-refractivity contribution in [3.05, 3.63) is 29.7 Å². The number of pyridine rings is 1. The molecule has 0 aliphatic carbocycles. The van der Waals surface area contributed by atoms with Crippen LogP contribution >= 0.6 is 0 Å². The Kier molecular flexibility index (Phi) is 3.88. The Bertz CT molecular complexity index is 663. The molecule has 2 N–H and O–H groups in total. The Morgan fingerprint density at radius 3 is 2.85 bits per heavy atom. The van der Waals surface area contributed by atoms with Gasteiger partial charge in [0.2, 0.25) is 0 Å². The lowest BCUT2D eigenvalue weighted by Gasteiger charge is -2.05. The highest BCUT2D eigenvalue weighted by molar-refractivity contribution is 5.96. The fourth-order valence-corrected chi connectivity index (χ4v) is 1.98. The van der Waals surface area contributed by atoms with Crippen molar-refractivity contribution in [1.82, 2.24) is 14.7 Å². The number of hydrogen-bond donors (Lipinski definition) is 2. The van der Waals surface area contributed by atoms with Crippen molar-refractivity contribution in [3.63, 3.8) is 0 Å². The number of carbonyl (C=O) groups excluding carboxylic acids is 1. The van der Waals surface area contributed by atoms with Crippen LogP contribution in [0.1, 0.15) is 23.1 Å². The van der Waals surface area contributed by atoms with E-state index in [9.17, 15) is 9.59 Å². The zero-order chi connectivity index (χ0) is 14.7. The molecule has 0 fully saturated rings. The van der Waals surface area contributed by atoms with Crippen molar-refractivity contribution >= 4 is 17.5 Å². The number of carbonyl (C=O) groups is 2. The van der Waals surface area contributed by atoms with E-state index < -0.39 is 18.4 Å². The average Bonchev–Trinajstić information content (AvgIpc) is 2.82. The molecule has 1 amide bonds. The number of amides is 1. The van der Waals surface area contributed by atoms with E-state index in [4.69, 9.17) is 9.84 Å². The Hall–Kier alpha value is -2.57. The first kappa shape index (κ1) is 13.9. The van der Waals surface area contributed by atoms with Crippen LogP contribution in [0, 0.1) is 0 Å². The van der Waals surface area contributed by atoms with Gasteiger partial charge in [0.1, 0.15) is 12.2 Å². The SMILES string of the molecule is CCc1nc2c(OC)cccn2c1C(=O)NCC(=O)O. The van der Waals surface area contributed by atoms with Crippen LogP contribution in [0.5, 0.6) is 5.75 Å². The van der Waals surface area contributed by atoms with Gasteiger partial charge in [0.15, 0.2) is 11.4 Å². The maximum absolute atomic E-state index is 12.1. The highest BCUT2D eigenvalue weighted by atomic mass is 16.5. The van der Waals surface area contributed by atoms with Gasteiger partial charge in [0.25, 0.3) is 5.91 Å². The van der Waals surface area contributed by atoms with Gasteiger partial charge in [-0.2, -0.15) is 0 Å². The Morgan fingerprint density at radius 1 is 1.50 bits per heavy atom. The van der Waals surface area contributed by atoms with Crippen LogP contribution in [0.2, 0.25) is 0 Å². The summed E-state index contributed by atoms with van der Waals surface area (Å²) < 4.78 is 6.82. The van der Waals surface area contributed by atoms with E-state index in [-0.39, 0.29) is 0 Å². The second kappa shape index (κ2) is 5.60. The number of nitrogens with zero attached hydrogens (tertiary/aromatic N) is 2. The van der Waals surface area contributed by atoms with Crippen molar-refractivity contribution in [1.29, 1.82) is 0 Å². The number of imidazole rings is 1. The summed E-state index contributed by atoms with van der Waals surface area (Å²) in [4.78, 5) is 27.0. The first-order chi connectivity index (χ1) is 9.58. The molecule has 0 saturated heterocycles. The van der Waals surface area contributed by atoms with Crippen molar-refractivity contribution in [2.45, 2.75) is 13.3 Å². The predicted octanol–water partition coefficient (Wildman–Crippen LogP) is 0.720. The monoisotopic (exact) mass is 277 g/mol. The van der Waals surface area contributed by atoms with Gasteiger partial charge in [0.05, 0.1) is 12.8 Å². The summed E-state index contributed by atoms with van der Waals surface area (Å²) in [6, 6.07) is 3.49. The van der Waals surface area contributed by atoms with Crippen LogP contribution < -0.4 is 10.1 Å². The molecule has 20 heavy (non-hydrogen) atoms. The molecule has 0 aliphatic heterocycles. The molecule has 0 bridgehead atoms. The van der Waals surface area contributed by atoms with Crippen molar-refractivity contribution in [3.8, 4) is 5.75 Å². The quantitative estimate of drug-likeness (QED) is 0.840. The Labute approximate surface area is 115 Å². The van der Waals surface area contributed by atoms with E-state index >= 15 is 0 Å². The van der Waals surface area contributed by atoms with Gasteiger partial charge in [-0.3, -0.25) is 14.0 Å². The highest BCUT2D eigenvalue weighted by Gasteiger charge is 2.20. The van der Waals surface area contributed by atoms with Crippen LogP contribution in [0.3, 0.4) is 0 Å². The lowest BCUT2D eigenvalue weighted by molar-refractivity contribution is -0.135. The number of fused-ring (bicyclic) bond motifs is 1. The maximum atomic E-state index is 12.1. The number of aliphatic carboxylic acids is 1. The minimum atomic E-state index is -1.09.